The quantitative estimate of drug-likeness (QED) is 0.726. The fraction of sp³-hybridized carbons (Fsp3) is 0.286. The van der Waals surface area contributed by atoms with Gasteiger partial charge in [-0.1, -0.05) is 12.8 Å². The number of halogens is 2. The summed E-state index contributed by atoms with van der Waals surface area (Å²) < 4.78 is 28.5. The number of carbonyl (C=O) groups excluding carboxylic acids is 1. The van der Waals surface area contributed by atoms with Crippen molar-refractivity contribution in [3.8, 4) is 0 Å². The Morgan fingerprint density at radius 2 is 1.86 bits per heavy atom. The highest BCUT2D eigenvalue weighted by atomic mass is 19.1. The fourth-order valence-corrected chi connectivity index (χ4v) is 3.52. The number of anilines is 1. The van der Waals surface area contributed by atoms with Crippen molar-refractivity contribution in [2.45, 2.75) is 38.6 Å². The van der Waals surface area contributed by atoms with Gasteiger partial charge < -0.3 is 5.32 Å². The van der Waals surface area contributed by atoms with Crippen molar-refractivity contribution in [1.82, 2.24) is 9.55 Å². The third kappa shape index (κ3) is 3.52. The maximum absolute atomic E-state index is 13.8. The Morgan fingerprint density at radius 3 is 2.68 bits per heavy atom. The van der Waals surface area contributed by atoms with Gasteiger partial charge in [-0.15, -0.1) is 0 Å². The molecule has 4 rings (SSSR count). The molecule has 1 aliphatic heterocycles. The van der Waals surface area contributed by atoms with Crippen LogP contribution in [0.15, 0.2) is 41.2 Å². The molecule has 7 heteroatoms. The van der Waals surface area contributed by atoms with E-state index in [1.54, 1.807) is 10.6 Å². The molecule has 0 fully saturated rings. The lowest BCUT2D eigenvalue weighted by Crippen LogP contribution is -2.26. The lowest BCUT2D eigenvalue weighted by atomic mass is 10.1. The van der Waals surface area contributed by atoms with E-state index in [0.717, 1.165) is 50.1 Å². The van der Waals surface area contributed by atoms with Gasteiger partial charge in [0.2, 0.25) is 0 Å². The maximum atomic E-state index is 13.8. The molecule has 0 unspecified atom stereocenters. The number of nitrogens with zero attached hydrogens (tertiary/aromatic N) is 2. The molecule has 2 heterocycles. The lowest BCUT2D eigenvalue weighted by Gasteiger charge is -2.16. The summed E-state index contributed by atoms with van der Waals surface area (Å²) in [5, 5.41) is 2.87. The van der Waals surface area contributed by atoms with Gasteiger partial charge >= 0.3 is 0 Å². The van der Waals surface area contributed by atoms with Gasteiger partial charge in [0.1, 0.15) is 17.5 Å². The minimum Gasteiger partial charge on any atom is -0.319 e. The van der Waals surface area contributed by atoms with E-state index in [0.29, 0.717) is 23.5 Å². The number of rotatable bonds is 2. The van der Waals surface area contributed by atoms with Gasteiger partial charge in [0, 0.05) is 24.6 Å². The van der Waals surface area contributed by atoms with Gasteiger partial charge in [0.25, 0.3) is 11.5 Å². The van der Waals surface area contributed by atoms with E-state index in [9.17, 15) is 18.4 Å². The number of nitrogens with one attached hydrogen (secondary N) is 1. The summed E-state index contributed by atoms with van der Waals surface area (Å²) in [7, 11) is 0. The van der Waals surface area contributed by atoms with Crippen LogP contribution in [-0.2, 0) is 13.0 Å². The number of hydrogen-bond acceptors (Lipinski definition) is 3. The molecular formula is C21H19F2N3O2. The topological polar surface area (TPSA) is 64.0 Å². The Balaban J connectivity index is 1.69. The SMILES string of the molecule is O=C(Nc1ccc(F)cc1F)c1ccc2c(=O)n3c(nc2c1)CCCCCC3. The first kappa shape index (κ1) is 18.3. The van der Waals surface area contributed by atoms with E-state index in [1.807, 2.05) is 0 Å². The van der Waals surface area contributed by atoms with Crippen molar-refractivity contribution in [3.05, 3.63) is 69.8 Å². The number of aromatic nitrogens is 2. The molecular weight excluding hydrogens is 364 g/mol. The van der Waals surface area contributed by atoms with E-state index < -0.39 is 17.5 Å². The Kier molecular flexibility index (Phi) is 4.90. The Labute approximate surface area is 160 Å². The zero-order chi connectivity index (χ0) is 19.7. The van der Waals surface area contributed by atoms with Crippen LogP contribution in [0.3, 0.4) is 0 Å². The molecule has 0 radical (unpaired) electrons. The molecule has 1 aromatic heterocycles. The van der Waals surface area contributed by atoms with Crippen LogP contribution < -0.4 is 10.9 Å². The van der Waals surface area contributed by atoms with Crippen molar-refractivity contribution in [2.24, 2.45) is 0 Å². The summed E-state index contributed by atoms with van der Waals surface area (Å²) in [4.78, 5) is 29.9. The number of fused-ring (bicyclic) bond motifs is 2. The number of carbonyl (C=O) groups is 1. The van der Waals surface area contributed by atoms with Crippen LogP contribution in [0, 0.1) is 11.6 Å². The average molecular weight is 383 g/mol. The monoisotopic (exact) mass is 383 g/mol. The zero-order valence-electron chi connectivity index (χ0n) is 15.2. The van der Waals surface area contributed by atoms with E-state index >= 15 is 0 Å². The van der Waals surface area contributed by atoms with Crippen molar-refractivity contribution in [2.75, 3.05) is 5.32 Å². The number of amides is 1. The highest BCUT2D eigenvalue weighted by Gasteiger charge is 2.16. The van der Waals surface area contributed by atoms with Crippen LogP contribution >= 0.6 is 0 Å². The second kappa shape index (κ2) is 7.50. The smallest absolute Gasteiger partial charge is 0.261 e. The summed E-state index contributed by atoms with van der Waals surface area (Å²) in [6, 6.07) is 7.56. The fourth-order valence-electron chi connectivity index (χ4n) is 3.52. The van der Waals surface area contributed by atoms with Crippen molar-refractivity contribution < 1.29 is 13.6 Å². The second-order valence-electron chi connectivity index (χ2n) is 6.96. The molecule has 1 N–H and O–H groups in total. The number of benzene rings is 2. The van der Waals surface area contributed by atoms with E-state index in [4.69, 9.17) is 0 Å². The van der Waals surface area contributed by atoms with Crippen LogP contribution in [0.4, 0.5) is 14.5 Å². The molecule has 1 aliphatic rings. The molecule has 0 saturated heterocycles. The van der Waals surface area contributed by atoms with Gasteiger partial charge in [-0.25, -0.2) is 13.8 Å². The molecule has 0 spiro atoms. The van der Waals surface area contributed by atoms with Crippen molar-refractivity contribution in [1.29, 1.82) is 0 Å². The first-order chi connectivity index (χ1) is 13.5. The molecule has 0 aliphatic carbocycles. The van der Waals surface area contributed by atoms with Crippen LogP contribution in [0.2, 0.25) is 0 Å². The molecule has 0 atom stereocenters. The molecule has 28 heavy (non-hydrogen) atoms. The first-order valence-corrected chi connectivity index (χ1v) is 9.33. The largest absolute Gasteiger partial charge is 0.319 e. The van der Waals surface area contributed by atoms with Gasteiger partial charge in [0.05, 0.1) is 16.6 Å². The molecule has 0 saturated carbocycles. The predicted octanol–water partition coefficient (Wildman–Crippen LogP) is 4.04. The second-order valence-corrected chi connectivity index (χ2v) is 6.96. The van der Waals surface area contributed by atoms with E-state index in [-0.39, 0.29) is 16.8 Å². The highest BCUT2D eigenvalue weighted by Crippen LogP contribution is 2.19. The highest BCUT2D eigenvalue weighted by molar-refractivity contribution is 6.06. The van der Waals surface area contributed by atoms with Crippen LogP contribution in [0.5, 0.6) is 0 Å². The third-order valence-electron chi connectivity index (χ3n) is 5.01. The third-order valence-corrected chi connectivity index (χ3v) is 5.01. The average Bonchev–Trinajstić information content (AvgIpc) is 2.65. The van der Waals surface area contributed by atoms with Crippen LogP contribution in [0.25, 0.3) is 10.9 Å². The summed E-state index contributed by atoms with van der Waals surface area (Å²) in [6.07, 6.45) is 4.86. The van der Waals surface area contributed by atoms with Gasteiger partial charge in [-0.05, 0) is 43.2 Å². The summed E-state index contributed by atoms with van der Waals surface area (Å²) in [5.74, 6) is -1.39. The Hall–Kier alpha value is -3.09. The van der Waals surface area contributed by atoms with Crippen molar-refractivity contribution in [3.63, 3.8) is 0 Å². The summed E-state index contributed by atoms with van der Waals surface area (Å²) in [5.41, 5.74) is 0.485. The molecule has 5 nitrogen and oxygen atoms in total. The zero-order valence-corrected chi connectivity index (χ0v) is 15.2. The van der Waals surface area contributed by atoms with Crippen LogP contribution in [-0.4, -0.2) is 15.5 Å². The van der Waals surface area contributed by atoms with Gasteiger partial charge in [-0.3, -0.25) is 14.2 Å². The summed E-state index contributed by atoms with van der Waals surface area (Å²) >= 11 is 0. The van der Waals surface area contributed by atoms with Crippen LogP contribution in [0.1, 0.15) is 41.9 Å². The van der Waals surface area contributed by atoms with Crippen molar-refractivity contribution >= 4 is 22.5 Å². The first-order valence-electron chi connectivity index (χ1n) is 9.33. The normalized spacial score (nSPS) is 14.2. The minimum absolute atomic E-state index is 0.0987. The molecule has 3 aromatic rings. The van der Waals surface area contributed by atoms with E-state index in [2.05, 4.69) is 10.3 Å². The maximum Gasteiger partial charge on any atom is 0.261 e. The molecule has 2 aromatic carbocycles. The lowest BCUT2D eigenvalue weighted by molar-refractivity contribution is 0.102. The molecule has 144 valence electrons. The number of hydrogen-bond donors (Lipinski definition) is 1. The Bertz CT molecular complexity index is 1120. The Morgan fingerprint density at radius 1 is 1.04 bits per heavy atom. The van der Waals surface area contributed by atoms with Gasteiger partial charge in [-0.2, -0.15) is 0 Å². The van der Waals surface area contributed by atoms with Gasteiger partial charge in [0.15, 0.2) is 0 Å². The summed E-state index contributed by atoms with van der Waals surface area (Å²) in [6.45, 7) is 0.656. The molecule has 0 bridgehead atoms. The predicted molar refractivity (Wildman–Crippen MR) is 102 cm³/mol. The van der Waals surface area contributed by atoms with E-state index in [1.165, 1.54) is 12.1 Å². The standard InChI is InChI=1S/C21H19F2N3O2/c22-14-7-9-17(16(23)12-14)25-20(27)13-6-8-15-18(11-13)24-19-5-3-1-2-4-10-26(19)21(15)28/h6-9,11-12H,1-5,10H2,(H,25,27). The minimum atomic E-state index is -0.855. The number of aryl methyl sites for hydroxylation is 1. The molecule has 1 amide bonds.